The highest BCUT2D eigenvalue weighted by atomic mass is 32.2. The molecule has 0 fully saturated rings. The van der Waals surface area contributed by atoms with Gasteiger partial charge in [-0.3, -0.25) is 5.32 Å². The van der Waals surface area contributed by atoms with Gasteiger partial charge >= 0.3 is 6.03 Å². The fourth-order valence-corrected chi connectivity index (χ4v) is 3.68. The van der Waals surface area contributed by atoms with Gasteiger partial charge in [-0.05, 0) is 13.3 Å². The number of thioether (sulfide) groups is 1. The first-order valence-corrected chi connectivity index (χ1v) is 9.50. The van der Waals surface area contributed by atoms with Crippen LogP contribution in [0.1, 0.15) is 45.3 Å². The van der Waals surface area contributed by atoms with Crippen LogP contribution in [-0.4, -0.2) is 22.0 Å². The summed E-state index contributed by atoms with van der Waals surface area (Å²) in [4.78, 5) is 20.3. The first-order valence-electron chi connectivity index (χ1n) is 7.70. The van der Waals surface area contributed by atoms with Gasteiger partial charge < -0.3 is 9.73 Å². The van der Waals surface area contributed by atoms with Gasteiger partial charge in [-0.2, -0.15) is 0 Å². The van der Waals surface area contributed by atoms with E-state index in [4.69, 9.17) is 4.42 Å². The first-order chi connectivity index (χ1) is 11.1. The Morgan fingerprint density at radius 2 is 2.22 bits per heavy atom. The van der Waals surface area contributed by atoms with Crippen LogP contribution < -0.4 is 10.6 Å². The molecule has 2 amide bonds. The molecule has 6 nitrogen and oxygen atoms in total. The fraction of sp³-hybridized carbons (Fsp3) is 0.533. The number of oxazole rings is 1. The maximum Gasteiger partial charge on any atom is 0.321 e. The summed E-state index contributed by atoms with van der Waals surface area (Å²) in [5, 5.41) is 6.25. The Morgan fingerprint density at radius 1 is 1.39 bits per heavy atom. The molecule has 2 N–H and O–H groups in total. The van der Waals surface area contributed by atoms with E-state index in [1.807, 2.05) is 13.8 Å². The van der Waals surface area contributed by atoms with Crippen molar-refractivity contribution in [2.24, 2.45) is 0 Å². The van der Waals surface area contributed by atoms with Crippen LogP contribution in [0.5, 0.6) is 0 Å². The van der Waals surface area contributed by atoms with Crippen molar-refractivity contribution in [3.05, 3.63) is 24.0 Å². The number of nitrogens with zero attached hydrogens (tertiary/aromatic N) is 2. The van der Waals surface area contributed by atoms with Crippen molar-refractivity contribution in [2.45, 2.75) is 56.0 Å². The van der Waals surface area contributed by atoms with Crippen molar-refractivity contribution in [2.75, 3.05) is 5.32 Å². The molecule has 0 saturated heterocycles. The normalized spacial score (nSPS) is 12.1. The highest BCUT2D eigenvalue weighted by Gasteiger charge is 2.10. The molecule has 0 aliphatic rings. The maximum atomic E-state index is 11.8. The van der Waals surface area contributed by atoms with Gasteiger partial charge in [0.15, 0.2) is 5.13 Å². The summed E-state index contributed by atoms with van der Waals surface area (Å²) in [5.41, 5.74) is 0. The lowest BCUT2D eigenvalue weighted by Crippen LogP contribution is -2.35. The molecule has 0 saturated carbocycles. The smallest absolute Gasteiger partial charge is 0.321 e. The molecular weight excluding hydrogens is 332 g/mol. The zero-order valence-electron chi connectivity index (χ0n) is 13.6. The molecular formula is C15H22N4O2S2. The van der Waals surface area contributed by atoms with Gasteiger partial charge in [0.2, 0.25) is 5.89 Å². The number of aryl methyl sites for hydroxylation is 1. The number of hydrogen-bond donors (Lipinski definition) is 2. The van der Waals surface area contributed by atoms with Crippen LogP contribution in [0.4, 0.5) is 9.93 Å². The third-order valence-electron chi connectivity index (χ3n) is 3.09. The van der Waals surface area contributed by atoms with Gasteiger partial charge in [-0.25, -0.2) is 14.8 Å². The van der Waals surface area contributed by atoms with Crippen molar-refractivity contribution < 1.29 is 9.21 Å². The van der Waals surface area contributed by atoms with Crippen LogP contribution in [0, 0.1) is 0 Å². The number of amides is 2. The summed E-state index contributed by atoms with van der Waals surface area (Å²) in [6, 6.07) is -0.0521. The highest BCUT2D eigenvalue weighted by molar-refractivity contribution is 8.00. The van der Waals surface area contributed by atoms with Crippen molar-refractivity contribution in [3.63, 3.8) is 0 Å². The van der Waals surface area contributed by atoms with E-state index in [-0.39, 0.29) is 12.1 Å². The SMILES string of the molecule is CCCC(C)NC(=O)Nc1ncc(SCc2ncc(CC)o2)s1. The van der Waals surface area contributed by atoms with Gasteiger partial charge in [0.1, 0.15) is 5.76 Å². The van der Waals surface area contributed by atoms with Crippen LogP contribution in [0.3, 0.4) is 0 Å². The number of aromatic nitrogens is 2. The number of thiazole rings is 1. The Balaban J connectivity index is 1.79. The molecule has 0 spiro atoms. The monoisotopic (exact) mass is 354 g/mol. The number of carbonyl (C=O) groups excluding carboxylic acids is 1. The molecule has 0 aliphatic carbocycles. The highest BCUT2D eigenvalue weighted by Crippen LogP contribution is 2.30. The largest absolute Gasteiger partial charge is 0.445 e. The predicted octanol–water partition coefficient (Wildman–Crippen LogP) is 4.30. The molecule has 0 aromatic carbocycles. The van der Waals surface area contributed by atoms with E-state index in [2.05, 4.69) is 27.5 Å². The Morgan fingerprint density at radius 3 is 2.91 bits per heavy atom. The summed E-state index contributed by atoms with van der Waals surface area (Å²) < 4.78 is 6.58. The molecule has 0 radical (unpaired) electrons. The molecule has 23 heavy (non-hydrogen) atoms. The minimum atomic E-state index is -0.211. The molecule has 1 unspecified atom stereocenters. The van der Waals surface area contributed by atoms with E-state index < -0.39 is 0 Å². The summed E-state index contributed by atoms with van der Waals surface area (Å²) in [7, 11) is 0. The van der Waals surface area contributed by atoms with Crippen molar-refractivity contribution >= 4 is 34.3 Å². The number of nitrogens with one attached hydrogen (secondary N) is 2. The lowest BCUT2D eigenvalue weighted by atomic mass is 10.2. The molecule has 1 atom stereocenters. The van der Waals surface area contributed by atoms with Crippen molar-refractivity contribution in [3.8, 4) is 0 Å². The molecule has 8 heteroatoms. The Bertz CT molecular complexity index is 627. The second kappa shape index (κ2) is 8.93. The molecule has 0 bridgehead atoms. The number of anilines is 1. The standard InChI is InChI=1S/C15H22N4O2S2/c1-4-6-10(3)18-14(20)19-15-17-8-13(23-15)22-9-12-16-7-11(5-2)21-12/h7-8,10H,4-6,9H2,1-3H3,(H2,17,18,19,20). The van der Waals surface area contributed by atoms with Crippen LogP contribution in [0.2, 0.25) is 0 Å². The Labute approximate surface area is 144 Å². The lowest BCUT2D eigenvalue weighted by molar-refractivity contribution is 0.248. The molecule has 2 aromatic rings. The molecule has 2 heterocycles. The van der Waals surface area contributed by atoms with E-state index in [1.54, 1.807) is 24.2 Å². The summed E-state index contributed by atoms with van der Waals surface area (Å²) >= 11 is 3.04. The zero-order chi connectivity index (χ0) is 16.7. The minimum absolute atomic E-state index is 0.159. The average molecular weight is 355 g/mol. The van der Waals surface area contributed by atoms with Gasteiger partial charge in [-0.15, -0.1) is 11.8 Å². The maximum absolute atomic E-state index is 11.8. The topological polar surface area (TPSA) is 80.0 Å². The van der Waals surface area contributed by atoms with E-state index in [0.29, 0.717) is 16.8 Å². The zero-order valence-corrected chi connectivity index (χ0v) is 15.2. The summed E-state index contributed by atoms with van der Waals surface area (Å²) in [5.74, 6) is 2.26. The van der Waals surface area contributed by atoms with Crippen LogP contribution >= 0.6 is 23.1 Å². The average Bonchev–Trinajstić information content (AvgIpc) is 3.14. The Hall–Kier alpha value is -1.54. The molecule has 126 valence electrons. The summed E-state index contributed by atoms with van der Waals surface area (Å²) in [6.45, 7) is 6.12. The van der Waals surface area contributed by atoms with E-state index in [0.717, 1.165) is 29.2 Å². The minimum Gasteiger partial charge on any atom is -0.445 e. The predicted molar refractivity (Wildman–Crippen MR) is 94.1 cm³/mol. The second-order valence-electron chi connectivity index (χ2n) is 5.14. The number of rotatable bonds is 8. The third kappa shape index (κ3) is 5.87. The molecule has 2 rings (SSSR count). The van der Waals surface area contributed by atoms with E-state index >= 15 is 0 Å². The van der Waals surface area contributed by atoms with Gasteiger partial charge in [0, 0.05) is 12.5 Å². The number of hydrogen-bond acceptors (Lipinski definition) is 6. The second-order valence-corrected chi connectivity index (χ2v) is 7.44. The van der Waals surface area contributed by atoms with Crippen molar-refractivity contribution in [1.29, 1.82) is 0 Å². The number of urea groups is 1. The van der Waals surface area contributed by atoms with Gasteiger partial charge in [-0.1, -0.05) is 31.6 Å². The fourth-order valence-electron chi connectivity index (χ4n) is 1.96. The summed E-state index contributed by atoms with van der Waals surface area (Å²) in [6.07, 6.45) is 6.36. The van der Waals surface area contributed by atoms with E-state index in [9.17, 15) is 4.79 Å². The number of carbonyl (C=O) groups is 1. The molecule has 0 aliphatic heterocycles. The van der Waals surface area contributed by atoms with Gasteiger partial charge in [0.25, 0.3) is 0 Å². The van der Waals surface area contributed by atoms with Crippen LogP contribution in [-0.2, 0) is 12.2 Å². The third-order valence-corrected chi connectivity index (χ3v) is 5.18. The van der Waals surface area contributed by atoms with Crippen LogP contribution in [0.25, 0.3) is 0 Å². The first kappa shape index (κ1) is 17.8. The molecule has 2 aromatic heterocycles. The van der Waals surface area contributed by atoms with Crippen molar-refractivity contribution in [1.82, 2.24) is 15.3 Å². The van der Waals surface area contributed by atoms with E-state index in [1.165, 1.54) is 11.3 Å². The Kier molecular flexibility index (Phi) is 6.91. The quantitative estimate of drug-likeness (QED) is 0.691. The van der Waals surface area contributed by atoms with Gasteiger partial charge in [0.05, 0.1) is 22.4 Å². The lowest BCUT2D eigenvalue weighted by Gasteiger charge is -2.12. The van der Waals surface area contributed by atoms with Crippen LogP contribution in [0.15, 0.2) is 21.0 Å².